The summed E-state index contributed by atoms with van der Waals surface area (Å²) in [4.78, 5) is 12.0. The topological polar surface area (TPSA) is 29.1 Å². The van der Waals surface area contributed by atoms with Crippen molar-refractivity contribution < 1.29 is 4.79 Å². The fourth-order valence-corrected chi connectivity index (χ4v) is 3.26. The van der Waals surface area contributed by atoms with Gasteiger partial charge in [-0.2, -0.15) is 0 Å². The van der Waals surface area contributed by atoms with E-state index in [1.54, 1.807) is 18.2 Å². The highest BCUT2D eigenvalue weighted by Crippen LogP contribution is 2.48. The highest BCUT2D eigenvalue weighted by Gasteiger charge is 2.41. The Labute approximate surface area is 125 Å². The summed E-state index contributed by atoms with van der Waals surface area (Å²) < 4.78 is 0. The third-order valence-corrected chi connectivity index (χ3v) is 4.33. The summed E-state index contributed by atoms with van der Waals surface area (Å²) in [7, 11) is 0. The number of hydrogen-bond donors (Lipinski definition) is 1. The molecule has 1 aromatic carbocycles. The van der Waals surface area contributed by atoms with Crippen LogP contribution in [0, 0.1) is 5.41 Å². The van der Waals surface area contributed by atoms with E-state index in [1.807, 2.05) is 0 Å². The minimum Gasteiger partial charge on any atom is -0.351 e. The van der Waals surface area contributed by atoms with E-state index in [4.69, 9.17) is 23.2 Å². The summed E-state index contributed by atoms with van der Waals surface area (Å²) >= 11 is 15.2. The minimum absolute atomic E-state index is 0.127. The number of carbonyl (C=O) groups excluding carboxylic acids is 1. The molecule has 2 rings (SSSR count). The van der Waals surface area contributed by atoms with Crippen molar-refractivity contribution in [1.82, 2.24) is 5.32 Å². The minimum atomic E-state index is -0.127. The van der Waals surface area contributed by atoms with E-state index < -0.39 is 0 Å². The lowest BCUT2D eigenvalue weighted by molar-refractivity contribution is 0.0944. The molecule has 0 spiro atoms. The van der Waals surface area contributed by atoms with Crippen molar-refractivity contribution in [3.05, 3.63) is 33.8 Å². The van der Waals surface area contributed by atoms with Crippen molar-refractivity contribution >= 4 is 45.0 Å². The van der Waals surface area contributed by atoms with Crippen LogP contribution in [0.2, 0.25) is 10.0 Å². The van der Waals surface area contributed by atoms with Crippen molar-refractivity contribution in [2.45, 2.75) is 19.3 Å². The fraction of sp³-hybridized carbons (Fsp3) is 0.462. The first kappa shape index (κ1) is 14.2. The Balaban J connectivity index is 1.96. The van der Waals surface area contributed by atoms with Gasteiger partial charge in [0, 0.05) is 16.9 Å². The lowest BCUT2D eigenvalue weighted by Gasteiger charge is -2.15. The second-order valence-corrected chi connectivity index (χ2v) is 6.38. The van der Waals surface area contributed by atoms with Crippen LogP contribution in [0.15, 0.2) is 18.2 Å². The number of halogens is 3. The van der Waals surface area contributed by atoms with E-state index in [0.717, 1.165) is 18.3 Å². The van der Waals surface area contributed by atoms with Crippen molar-refractivity contribution in [3.63, 3.8) is 0 Å². The molecule has 0 aliphatic heterocycles. The molecule has 1 amide bonds. The zero-order chi connectivity index (χ0) is 13.2. The maximum absolute atomic E-state index is 12.0. The Morgan fingerprint density at radius 1 is 1.39 bits per heavy atom. The molecule has 0 heterocycles. The van der Waals surface area contributed by atoms with E-state index in [-0.39, 0.29) is 5.91 Å². The molecule has 1 fully saturated rings. The number of nitrogens with one attached hydrogen (secondary N) is 1. The molecule has 18 heavy (non-hydrogen) atoms. The second-order valence-electron chi connectivity index (χ2n) is 4.75. The SMILES string of the molecule is O=C(NCC1(CCBr)CC1)c1ccc(Cl)cc1Cl. The maximum atomic E-state index is 12.0. The molecule has 0 atom stereocenters. The number of carbonyl (C=O) groups is 1. The van der Waals surface area contributed by atoms with Gasteiger partial charge in [0.25, 0.3) is 5.91 Å². The van der Waals surface area contributed by atoms with Gasteiger partial charge in [-0.3, -0.25) is 4.79 Å². The highest BCUT2D eigenvalue weighted by molar-refractivity contribution is 9.09. The van der Waals surface area contributed by atoms with Gasteiger partial charge in [-0.05, 0) is 42.9 Å². The molecule has 1 saturated carbocycles. The molecule has 0 radical (unpaired) electrons. The van der Waals surface area contributed by atoms with E-state index in [1.165, 1.54) is 12.8 Å². The van der Waals surface area contributed by atoms with Crippen LogP contribution in [-0.4, -0.2) is 17.8 Å². The summed E-state index contributed by atoms with van der Waals surface area (Å²) in [6.45, 7) is 0.719. The largest absolute Gasteiger partial charge is 0.351 e. The molecule has 0 bridgehead atoms. The number of alkyl halides is 1. The maximum Gasteiger partial charge on any atom is 0.252 e. The second kappa shape index (κ2) is 5.81. The molecule has 1 aromatic rings. The van der Waals surface area contributed by atoms with Gasteiger partial charge in [-0.1, -0.05) is 39.1 Å². The first-order valence-electron chi connectivity index (χ1n) is 5.86. The molecule has 0 unspecified atom stereocenters. The zero-order valence-corrected chi connectivity index (χ0v) is 12.9. The highest BCUT2D eigenvalue weighted by atomic mass is 79.9. The van der Waals surface area contributed by atoms with Crippen molar-refractivity contribution in [3.8, 4) is 0 Å². The van der Waals surface area contributed by atoms with Crippen LogP contribution in [0.3, 0.4) is 0 Å². The van der Waals surface area contributed by atoms with Gasteiger partial charge in [0.05, 0.1) is 10.6 Å². The average molecular weight is 351 g/mol. The Bertz CT molecular complexity index is 460. The van der Waals surface area contributed by atoms with Crippen molar-refractivity contribution in [2.24, 2.45) is 5.41 Å². The summed E-state index contributed by atoms with van der Waals surface area (Å²) in [6.07, 6.45) is 3.47. The van der Waals surface area contributed by atoms with E-state index in [9.17, 15) is 4.79 Å². The number of benzene rings is 1. The fourth-order valence-electron chi connectivity index (χ4n) is 1.93. The van der Waals surface area contributed by atoms with E-state index in [2.05, 4.69) is 21.2 Å². The Morgan fingerprint density at radius 3 is 2.67 bits per heavy atom. The lowest BCUT2D eigenvalue weighted by atomic mass is 10.0. The smallest absolute Gasteiger partial charge is 0.252 e. The number of rotatable bonds is 5. The number of amides is 1. The van der Waals surface area contributed by atoms with Crippen LogP contribution in [0.4, 0.5) is 0 Å². The quantitative estimate of drug-likeness (QED) is 0.788. The summed E-state index contributed by atoms with van der Waals surface area (Å²) in [6, 6.07) is 4.92. The predicted octanol–water partition coefficient (Wildman–Crippen LogP) is 4.29. The normalized spacial score (nSPS) is 16.4. The molecule has 1 aliphatic rings. The molecule has 2 nitrogen and oxygen atoms in total. The average Bonchev–Trinajstić information content (AvgIpc) is 3.07. The van der Waals surface area contributed by atoms with Gasteiger partial charge in [0.2, 0.25) is 0 Å². The zero-order valence-electron chi connectivity index (χ0n) is 9.81. The van der Waals surface area contributed by atoms with Gasteiger partial charge < -0.3 is 5.32 Å². The summed E-state index contributed by atoms with van der Waals surface area (Å²) in [5.74, 6) is -0.127. The standard InChI is InChI=1S/C13H14BrCl2NO/c14-6-5-13(3-4-13)8-17-12(18)10-2-1-9(15)7-11(10)16/h1-2,7H,3-6,8H2,(H,17,18). The van der Waals surface area contributed by atoms with Crippen LogP contribution in [0.25, 0.3) is 0 Å². The van der Waals surface area contributed by atoms with Gasteiger partial charge in [0.1, 0.15) is 0 Å². The summed E-state index contributed by atoms with van der Waals surface area (Å²) in [5, 5.41) is 4.87. The van der Waals surface area contributed by atoms with Crippen LogP contribution in [0.5, 0.6) is 0 Å². The van der Waals surface area contributed by atoms with Gasteiger partial charge >= 0.3 is 0 Å². The molecular formula is C13H14BrCl2NO. The third-order valence-electron chi connectivity index (χ3n) is 3.38. The first-order valence-corrected chi connectivity index (χ1v) is 7.73. The monoisotopic (exact) mass is 349 g/mol. The molecule has 1 aliphatic carbocycles. The Kier molecular flexibility index (Phi) is 4.57. The predicted molar refractivity (Wildman–Crippen MR) is 78.9 cm³/mol. The van der Waals surface area contributed by atoms with Crippen LogP contribution in [-0.2, 0) is 0 Å². The number of hydrogen-bond acceptors (Lipinski definition) is 1. The van der Waals surface area contributed by atoms with Gasteiger partial charge in [-0.25, -0.2) is 0 Å². The van der Waals surface area contributed by atoms with Crippen LogP contribution < -0.4 is 5.32 Å². The molecule has 1 N–H and O–H groups in total. The van der Waals surface area contributed by atoms with E-state index in [0.29, 0.717) is 21.0 Å². The van der Waals surface area contributed by atoms with Crippen LogP contribution >= 0.6 is 39.1 Å². The Hall–Kier alpha value is -0.250. The van der Waals surface area contributed by atoms with Crippen molar-refractivity contribution in [2.75, 3.05) is 11.9 Å². The van der Waals surface area contributed by atoms with Crippen molar-refractivity contribution in [1.29, 1.82) is 0 Å². The Morgan fingerprint density at radius 2 is 2.11 bits per heavy atom. The molecule has 0 aromatic heterocycles. The van der Waals surface area contributed by atoms with Gasteiger partial charge in [0.15, 0.2) is 0 Å². The molecule has 5 heteroatoms. The first-order chi connectivity index (χ1) is 8.56. The van der Waals surface area contributed by atoms with E-state index >= 15 is 0 Å². The van der Waals surface area contributed by atoms with Crippen LogP contribution in [0.1, 0.15) is 29.6 Å². The molecular weight excluding hydrogens is 337 g/mol. The summed E-state index contributed by atoms with van der Waals surface area (Å²) in [5.41, 5.74) is 0.786. The molecule has 98 valence electrons. The lowest BCUT2D eigenvalue weighted by Crippen LogP contribution is -2.30. The molecule has 0 saturated heterocycles. The van der Waals surface area contributed by atoms with Gasteiger partial charge in [-0.15, -0.1) is 0 Å². The third kappa shape index (κ3) is 3.40.